The molecule has 4 rings (SSSR count). The van der Waals surface area contributed by atoms with Crippen LogP contribution >= 0.6 is 11.3 Å². The molecule has 3 N–H and O–H groups in total. The molecule has 0 saturated carbocycles. The average Bonchev–Trinajstić information content (AvgIpc) is 3.46. The molecule has 176 valence electrons. The SMILES string of the molecule is Cc1nc(COc2ccccc2/C=C/C(=O)Nc2cccc(CN3CCCC3C(N)=O)c2)cs1. The fourth-order valence-electron chi connectivity index (χ4n) is 4.04. The molecular formula is C26H28N4O3S. The van der Waals surface area contributed by atoms with E-state index < -0.39 is 0 Å². The molecule has 0 radical (unpaired) electrons. The maximum Gasteiger partial charge on any atom is 0.248 e. The molecule has 3 aromatic rings. The van der Waals surface area contributed by atoms with Gasteiger partial charge in [0.15, 0.2) is 0 Å². The molecule has 2 amide bonds. The van der Waals surface area contributed by atoms with Crippen LogP contribution in [0.2, 0.25) is 0 Å². The number of hydrogen-bond donors (Lipinski definition) is 2. The molecule has 1 saturated heterocycles. The molecule has 8 heteroatoms. The Hall–Kier alpha value is -3.49. The van der Waals surface area contributed by atoms with Gasteiger partial charge in [-0.15, -0.1) is 11.3 Å². The third kappa shape index (κ3) is 6.30. The molecule has 1 aromatic heterocycles. The number of carbonyl (C=O) groups excluding carboxylic acids is 2. The van der Waals surface area contributed by atoms with Crippen LogP contribution in [0.25, 0.3) is 6.08 Å². The second-order valence-electron chi connectivity index (χ2n) is 8.24. The lowest BCUT2D eigenvalue weighted by molar-refractivity contribution is -0.122. The lowest BCUT2D eigenvalue weighted by atomic mass is 10.1. The third-order valence-electron chi connectivity index (χ3n) is 5.65. The number of likely N-dealkylation sites (tertiary alicyclic amines) is 1. The van der Waals surface area contributed by atoms with Crippen LogP contribution in [-0.4, -0.2) is 34.3 Å². The number of ether oxygens (including phenoxy) is 1. The molecule has 34 heavy (non-hydrogen) atoms. The zero-order chi connectivity index (χ0) is 23.9. The van der Waals surface area contributed by atoms with E-state index in [0.717, 1.165) is 41.2 Å². The van der Waals surface area contributed by atoms with Gasteiger partial charge in [0, 0.05) is 29.3 Å². The molecule has 0 spiro atoms. The largest absolute Gasteiger partial charge is 0.487 e. The number of nitrogens with two attached hydrogens (primary N) is 1. The first-order valence-electron chi connectivity index (χ1n) is 11.2. The minimum absolute atomic E-state index is 0.219. The maximum absolute atomic E-state index is 12.6. The Bertz CT molecular complexity index is 1190. The van der Waals surface area contributed by atoms with Crippen molar-refractivity contribution in [1.82, 2.24) is 9.88 Å². The number of aryl methyl sites for hydroxylation is 1. The minimum Gasteiger partial charge on any atom is -0.487 e. The summed E-state index contributed by atoms with van der Waals surface area (Å²) < 4.78 is 5.92. The molecule has 1 aliphatic rings. The Kier molecular flexibility index (Phi) is 7.72. The number of amides is 2. The van der Waals surface area contributed by atoms with Gasteiger partial charge in [0.25, 0.3) is 0 Å². The van der Waals surface area contributed by atoms with Gasteiger partial charge < -0.3 is 15.8 Å². The normalized spacial score (nSPS) is 16.1. The van der Waals surface area contributed by atoms with Gasteiger partial charge in [-0.1, -0.05) is 30.3 Å². The van der Waals surface area contributed by atoms with Crippen LogP contribution in [0.15, 0.2) is 60.0 Å². The van der Waals surface area contributed by atoms with Gasteiger partial charge in [-0.25, -0.2) is 4.98 Å². The highest BCUT2D eigenvalue weighted by Crippen LogP contribution is 2.23. The monoisotopic (exact) mass is 476 g/mol. The number of benzene rings is 2. The van der Waals surface area contributed by atoms with Crippen molar-refractivity contribution in [3.05, 3.63) is 81.8 Å². The quantitative estimate of drug-likeness (QED) is 0.453. The van der Waals surface area contributed by atoms with Crippen molar-refractivity contribution in [3.8, 4) is 5.75 Å². The van der Waals surface area contributed by atoms with E-state index in [0.29, 0.717) is 24.6 Å². The van der Waals surface area contributed by atoms with Crippen molar-refractivity contribution in [2.75, 3.05) is 11.9 Å². The first-order chi connectivity index (χ1) is 16.5. The molecule has 1 fully saturated rings. The summed E-state index contributed by atoms with van der Waals surface area (Å²) in [6.45, 7) is 3.80. The second kappa shape index (κ2) is 11.1. The van der Waals surface area contributed by atoms with E-state index in [4.69, 9.17) is 10.5 Å². The summed E-state index contributed by atoms with van der Waals surface area (Å²) in [7, 11) is 0. The summed E-state index contributed by atoms with van der Waals surface area (Å²) in [6, 6.07) is 15.0. The summed E-state index contributed by atoms with van der Waals surface area (Å²) in [6.07, 6.45) is 4.99. The Morgan fingerprint density at radius 3 is 2.91 bits per heavy atom. The highest BCUT2D eigenvalue weighted by atomic mass is 32.1. The number of nitrogens with zero attached hydrogens (tertiary/aromatic N) is 2. The Labute approximate surface area is 203 Å². The summed E-state index contributed by atoms with van der Waals surface area (Å²) >= 11 is 1.59. The van der Waals surface area contributed by atoms with Crippen LogP contribution in [0.1, 0.15) is 34.7 Å². The molecular weight excluding hydrogens is 448 g/mol. The van der Waals surface area contributed by atoms with Crippen molar-refractivity contribution < 1.29 is 14.3 Å². The Morgan fingerprint density at radius 1 is 1.26 bits per heavy atom. The first-order valence-corrected chi connectivity index (χ1v) is 12.1. The Morgan fingerprint density at radius 2 is 2.12 bits per heavy atom. The van der Waals surface area contributed by atoms with Crippen LogP contribution in [0.4, 0.5) is 5.69 Å². The molecule has 7 nitrogen and oxygen atoms in total. The van der Waals surface area contributed by atoms with E-state index in [-0.39, 0.29) is 17.9 Å². The van der Waals surface area contributed by atoms with Crippen molar-refractivity contribution in [2.45, 2.75) is 39.0 Å². The van der Waals surface area contributed by atoms with Crippen molar-refractivity contribution in [2.24, 2.45) is 5.73 Å². The highest BCUT2D eigenvalue weighted by molar-refractivity contribution is 7.09. The van der Waals surface area contributed by atoms with E-state index in [2.05, 4.69) is 15.2 Å². The summed E-state index contributed by atoms with van der Waals surface area (Å²) in [5, 5.41) is 5.89. The molecule has 1 atom stereocenters. The van der Waals surface area contributed by atoms with Gasteiger partial charge in [0.05, 0.1) is 16.7 Å². The topological polar surface area (TPSA) is 97.6 Å². The van der Waals surface area contributed by atoms with Gasteiger partial charge in [-0.05, 0) is 56.1 Å². The fraction of sp³-hybridized carbons (Fsp3) is 0.269. The molecule has 2 aromatic carbocycles. The van der Waals surface area contributed by atoms with E-state index in [9.17, 15) is 9.59 Å². The van der Waals surface area contributed by atoms with Gasteiger partial charge in [0.2, 0.25) is 11.8 Å². The number of thiazole rings is 1. The van der Waals surface area contributed by atoms with Crippen LogP contribution < -0.4 is 15.8 Å². The Balaban J connectivity index is 1.36. The number of rotatable bonds is 9. The van der Waals surface area contributed by atoms with Gasteiger partial charge >= 0.3 is 0 Å². The number of aromatic nitrogens is 1. The molecule has 1 unspecified atom stereocenters. The lowest BCUT2D eigenvalue weighted by Gasteiger charge is -2.22. The van der Waals surface area contributed by atoms with E-state index in [1.807, 2.05) is 60.8 Å². The molecule has 0 aliphatic carbocycles. The smallest absolute Gasteiger partial charge is 0.248 e. The number of hydrogen-bond acceptors (Lipinski definition) is 6. The molecule has 2 heterocycles. The summed E-state index contributed by atoms with van der Waals surface area (Å²) in [4.78, 5) is 30.7. The lowest BCUT2D eigenvalue weighted by Crippen LogP contribution is -2.39. The summed E-state index contributed by atoms with van der Waals surface area (Å²) in [5.74, 6) is 0.171. The van der Waals surface area contributed by atoms with E-state index in [1.54, 1.807) is 17.4 Å². The molecule has 1 aliphatic heterocycles. The number of primary amides is 1. The van der Waals surface area contributed by atoms with Crippen molar-refractivity contribution >= 4 is 34.9 Å². The van der Waals surface area contributed by atoms with E-state index >= 15 is 0 Å². The van der Waals surface area contributed by atoms with Gasteiger partial charge in [-0.2, -0.15) is 0 Å². The van der Waals surface area contributed by atoms with Crippen LogP contribution in [0.3, 0.4) is 0 Å². The first kappa shape index (κ1) is 23.7. The number of anilines is 1. The highest BCUT2D eigenvalue weighted by Gasteiger charge is 2.28. The zero-order valence-electron chi connectivity index (χ0n) is 19.1. The number of carbonyl (C=O) groups is 2. The van der Waals surface area contributed by atoms with Crippen LogP contribution in [-0.2, 0) is 22.7 Å². The van der Waals surface area contributed by atoms with Crippen molar-refractivity contribution in [3.63, 3.8) is 0 Å². The second-order valence-corrected chi connectivity index (χ2v) is 9.30. The number of para-hydroxylation sites is 1. The summed E-state index contributed by atoms with van der Waals surface area (Å²) in [5.41, 5.74) is 8.94. The standard InChI is InChI=1S/C26H28N4O3S/c1-18-28-22(17-34-18)16-33-24-10-3-2-7-20(24)11-12-25(31)29-21-8-4-6-19(14-21)15-30-13-5-9-23(30)26(27)32/h2-4,6-8,10-12,14,17,23H,5,9,13,15-16H2,1H3,(H2,27,32)(H,29,31)/b12-11+. The number of nitrogens with one attached hydrogen (secondary N) is 1. The van der Waals surface area contributed by atoms with Crippen LogP contribution in [0, 0.1) is 6.92 Å². The van der Waals surface area contributed by atoms with Crippen molar-refractivity contribution in [1.29, 1.82) is 0 Å². The average molecular weight is 477 g/mol. The van der Waals surface area contributed by atoms with E-state index in [1.165, 1.54) is 6.08 Å². The maximum atomic E-state index is 12.6. The third-order valence-corrected chi connectivity index (χ3v) is 6.47. The van der Waals surface area contributed by atoms with Crippen LogP contribution in [0.5, 0.6) is 5.75 Å². The molecule has 0 bridgehead atoms. The predicted molar refractivity (Wildman–Crippen MR) is 134 cm³/mol. The fourth-order valence-corrected chi connectivity index (χ4v) is 4.64. The zero-order valence-corrected chi connectivity index (χ0v) is 19.9. The minimum atomic E-state index is -0.280. The van der Waals surface area contributed by atoms with Gasteiger partial charge in [-0.3, -0.25) is 14.5 Å². The van der Waals surface area contributed by atoms with Gasteiger partial charge in [0.1, 0.15) is 12.4 Å². The predicted octanol–water partition coefficient (Wildman–Crippen LogP) is 4.13.